The van der Waals surface area contributed by atoms with Crippen LogP contribution in [0, 0.1) is 0 Å². The van der Waals surface area contributed by atoms with Crippen molar-refractivity contribution in [3.63, 3.8) is 0 Å². The minimum Gasteiger partial charge on any atom is -0.373 e. The van der Waals surface area contributed by atoms with Gasteiger partial charge in [0.15, 0.2) is 0 Å². The lowest BCUT2D eigenvalue weighted by Crippen LogP contribution is -2.71. The number of unbranched alkanes of at least 4 members (excludes halogenated alkanes) is 3. The monoisotopic (exact) mass is 394 g/mol. The van der Waals surface area contributed by atoms with Gasteiger partial charge in [-0.2, -0.15) is 12.6 Å². The largest absolute Gasteiger partial charge is 0.514 e. The van der Waals surface area contributed by atoms with Crippen LogP contribution in [0.15, 0.2) is 0 Å². The van der Waals surface area contributed by atoms with Crippen LogP contribution in [0.5, 0.6) is 0 Å². The van der Waals surface area contributed by atoms with Gasteiger partial charge in [0, 0.05) is 19.8 Å². The standard InChI is InChI=1S/C18H42O3SSi2/c1-8-12-15-19-24(20-16-13-9-2,21-17-14-10-3)18(22,11-4)23(5,6)7/h22H,8-17H2,1-7H3/t18-/m0/s1. The molecule has 0 amide bonds. The highest BCUT2D eigenvalue weighted by atomic mass is 32.1. The highest BCUT2D eigenvalue weighted by molar-refractivity contribution is 7.86. The smallest absolute Gasteiger partial charge is 0.373 e. The highest BCUT2D eigenvalue weighted by Crippen LogP contribution is 2.42. The maximum Gasteiger partial charge on any atom is 0.514 e. The van der Waals surface area contributed by atoms with E-state index in [9.17, 15) is 0 Å². The van der Waals surface area contributed by atoms with Crippen LogP contribution < -0.4 is 0 Å². The first kappa shape index (κ1) is 24.7. The van der Waals surface area contributed by atoms with Gasteiger partial charge in [-0.15, -0.1) is 0 Å². The quantitative estimate of drug-likeness (QED) is 0.214. The number of hydrogen-bond donors (Lipinski definition) is 1. The molecule has 0 N–H and O–H groups in total. The Balaban J connectivity index is 5.62. The fourth-order valence-corrected chi connectivity index (χ4v) is 11.3. The summed E-state index contributed by atoms with van der Waals surface area (Å²) in [6.45, 7) is 18.0. The molecule has 0 spiro atoms. The summed E-state index contributed by atoms with van der Waals surface area (Å²) in [5.41, 5.74) is 0. The molecule has 6 heteroatoms. The zero-order valence-corrected chi connectivity index (χ0v) is 20.1. The molecule has 0 rings (SSSR count). The number of rotatable bonds is 15. The lowest BCUT2D eigenvalue weighted by molar-refractivity contribution is 0.0500. The Morgan fingerprint density at radius 2 is 1.04 bits per heavy atom. The van der Waals surface area contributed by atoms with Crippen molar-refractivity contribution in [2.24, 2.45) is 0 Å². The van der Waals surface area contributed by atoms with Crippen molar-refractivity contribution in [2.45, 2.75) is 96.3 Å². The zero-order chi connectivity index (χ0) is 18.7. The van der Waals surface area contributed by atoms with E-state index >= 15 is 0 Å². The van der Waals surface area contributed by atoms with E-state index in [1.54, 1.807) is 0 Å². The third kappa shape index (κ3) is 6.76. The third-order valence-electron chi connectivity index (χ3n) is 4.63. The van der Waals surface area contributed by atoms with E-state index < -0.39 is 16.9 Å². The SMILES string of the molecule is CCCCO[Si](OCCCC)(OCCCC)[C@](S)(CC)[Si](C)(C)C. The second-order valence-electron chi connectivity index (χ2n) is 7.63. The van der Waals surface area contributed by atoms with Gasteiger partial charge >= 0.3 is 8.80 Å². The molecular weight excluding hydrogens is 352 g/mol. The van der Waals surface area contributed by atoms with Crippen molar-refractivity contribution in [3.05, 3.63) is 0 Å². The summed E-state index contributed by atoms with van der Waals surface area (Å²) in [7, 11) is -4.55. The highest BCUT2D eigenvalue weighted by Gasteiger charge is 2.64. The van der Waals surface area contributed by atoms with E-state index in [1.807, 2.05) is 0 Å². The van der Waals surface area contributed by atoms with E-state index in [0.29, 0.717) is 19.8 Å². The van der Waals surface area contributed by atoms with Crippen molar-refractivity contribution in [1.29, 1.82) is 0 Å². The molecule has 0 saturated heterocycles. The molecular formula is C18H42O3SSi2. The summed E-state index contributed by atoms with van der Waals surface area (Å²) < 4.78 is 19.2. The molecule has 0 unspecified atom stereocenters. The summed E-state index contributed by atoms with van der Waals surface area (Å²) in [5.74, 6) is 0. The van der Waals surface area contributed by atoms with E-state index in [1.165, 1.54) is 0 Å². The molecule has 0 aliphatic heterocycles. The normalized spacial score (nSPS) is 15.5. The maximum absolute atomic E-state index is 6.50. The van der Waals surface area contributed by atoms with Crippen LogP contribution in [0.4, 0.5) is 0 Å². The Kier molecular flexibility index (Phi) is 12.5. The molecule has 0 aromatic rings. The molecule has 146 valence electrons. The van der Waals surface area contributed by atoms with Gasteiger partial charge in [-0.25, -0.2) is 0 Å². The van der Waals surface area contributed by atoms with Crippen molar-refractivity contribution in [3.8, 4) is 0 Å². The summed E-state index contributed by atoms with van der Waals surface area (Å²) in [4.78, 5) is 0. The number of thiol groups is 1. The Morgan fingerprint density at radius 1 is 0.708 bits per heavy atom. The van der Waals surface area contributed by atoms with Crippen LogP contribution in [0.2, 0.25) is 19.6 Å². The van der Waals surface area contributed by atoms with Gasteiger partial charge in [0.05, 0.1) is 12.1 Å². The lowest BCUT2D eigenvalue weighted by Gasteiger charge is -2.48. The van der Waals surface area contributed by atoms with Gasteiger partial charge in [-0.3, -0.25) is 0 Å². The van der Waals surface area contributed by atoms with Crippen LogP contribution in [-0.4, -0.2) is 40.7 Å². The zero-order valence-electron chi connectivity index (χ0n) is 17.2. The average molecular weight is 395 g/mol. The topological polar surface area (TPSA) is 27.7 Å². The molecule has 0 aliphatic rings. The molecule has 0 bridgehead atoms. The van der Waals surface area contributed by atoms with Crippen LogP contribution in [0.1, 0.15) is 72.6 Å². The molecule has 0 saturated carbocycles. The van der Waals surface area contributed by atoms with Crippen molar-refractivity contribution in [1.82, 2.24) is 0 Å². The third-order valence-corrected chi connectivity index (χ3v) is 16.9. The minimum atomic E-state index is -2.87. The van der Waals surface area contributed by atoms with Crippen LogP contribution in [0.25, 0.3) is 0 Å². The molecule has 3 nitrogen and oxygen atoms in total. The second kappa shape index (κ2) is 12.1. The molecule has 1 atom stereocenters. The molecule has 0 aliphatic carbocycles. The fraction of sp³-hybridized carbons (Fsp3) is 1.00. The molecule has 24 heavy (non-hydrogen) atoms. The first-order valence-corrected chi connectivity index (χ1v) is 15.6. The Morgan fingerprint density at radius 3 is 1.25 bits per heavy atom. The van der Waals surface area contributed by atoms with Crippen molar-refractivity contribution in [2.75, 3.05) is 19.8 Å². The lowest BCUT2D eigenvalue weighted by atomic mass is 10.4. The van der Waals surface area contributed by atoms with Gasteiger partial charge in [-0.05, 0) is 25.7 Å². The summed E-state index contributed by atoms with van der Waals surface area (Å²) >= 11 is 5.23. The predicted molar refractivity (Wildman–Crippen MR) is 114 cm³/mol. The number of hydrogen-bond acceptors (Lipinski definition) is 4. The molecule has 0 aromatic carbocycles. The first-order valence-electron chi connectivity index (χ1n) is 9.88. The van der Waals surface area contributed by atoms with Crippen LogP contribution >= 0.6 is 12.6 Å². The Labute approximate surface area is 159 Å². The van der Waals surface area contributed by atoms with E-state index in [4.69, 9.17) is 25.9 Å². The summed E-state index contributed by atoms with van der Waals surface area (Å²) in [6, 6.07) is 0. The average Bonchev–Trinajstić information content (AvgIpc) is 2.53. The van der Waals surface area contributed by atoms with Crippen LogP contribution in [-0.2, 0) is 13.3 Å². The van der Waals surface area contributed by atoms with Gasteiger partial charge in [0.2, 0.25) is 0 Å². The Hall–Kier alpha value is 0.664. The van der Waals surface area contributed by atoms with E-state index in [2.05, 4.69) is 47.3 Å². The summed E-state index contributed by atoms with van der Waals surface area (Å²) in [5, 5.41) is 0. The van der Waals surface area contributed by atoms with Crippen molar-refractivity contribution < 1.29 is 13.3 Å². The maximum atomic E-state index is 6.50. The predicted octanol–water partition coefficient (Wildman–Crippen LogP) is 5.87. The first-order chi connectivity index (χ1) is 11.2. The van der Waals surface area contributed by atoms with Gasteiger partial charge < -0.3 is 13.3 Å². The van der Waals surface area contributed by atoms with Gasteiger partial charge in [0.25, 0.3) is 0 Å². The fourth-order valence-electron chi connectivity index (χ4n) is 2.74. The molecule has 0 heterocycles. The minimum absolute atomic E-state index is 0.255. The molecule has 0 aromatic heterocycles. The van der Waals surface area contributed by atoms with Gasteiger partial charge in [-0.1, -0.05) is 66.6 Å². The second-order valence-corrected chi connectivity index (χ2v) is 17.9. The van der Waals surface area contributed by atoms with Crippen LogP contribution in [0.3, 0.4) is 0 Å². The van der Waals surface area contributed by atoms with E-state index in [0.717, 1.165) is 44.9 Å². The molecule has 0 radical (unpaired) electrons. The Bertz CT molecular complexity index is 297. The van der Waals surface area contributed by atoms with E-state index in [-0.39, 0.29) is 3.99 Å². The summed E-state index contributed by atoms with van der Waals surface area (Å²) in [6.07, 6.45) is 7.42. The van der Waals surface area contributed by atoms with Gasteiger partial charge in [0.1, 0.15) is 0 Å². The molecule has 0 fully saturated rings. The van der Waals surface area contributed by atoms with Crippen molar-refractivity contribution >= 4 is 29.5 Å².